The van der Waals surface area contributed by atoms with Gasteiger partial charge in [0.05, 0.1) is 18.8 Å². The Bertz CT molecular complexity index is 1710. The molecular weight excluding hydrogens is 999 g/mol. The lowest BCUT2D eigenvalue weighted by Gasteiger charge is -2.19. The minimum Gasteiger partial charge on any atom is -0.394 e. The molecule has 0 fully saturated rings. The van der Waals surface area contributed by atoms with E-state index in [0.717, 1.165) is 109 Å². The van der Waals surface area contributed by atoms with Crippen LogP contribution in [0.5, 0.6) is 0 Å². The molecule has 82 heavy (non-hydrogen) atoms. The number of unbranched alkanes of at least 4 members (excludes halogenated alkanes) is 31. The topological polar surface area (TPSA) is 69.6 Å². The summed E-state index contributed by atoms with van der Waals surface area (Å²) in [4.78, 5) is 12.5. The molecule has 0 heterocycles. The highest BCUT2D eigenvalue weighted by molar-refractivity contribution is 5.76. The summed E-state index contributed by atoms with van der Waals surface area (Å²) in [5.41, 5.74) is 0. The molecule has 466 valence electrons. The molecule has 0 spiro atoms. The van der Waals surface area contributed by atoms with E-state index in [1.807, 2.05) is 6.08 Å². The molecule has 0 saturated heterocycles. The van der Waals surface area contributed by atoms with Crippen molar-refractivity contribution >= 4 is 5.91 Å². The minimum absolute atomic E-state index is 0.0865. The van der Waals surface area contributed by atoms with Crippen molar-refractivity contribution < 1.29 is 15.0 Å². The highest BCUT2D eigenvalue weighted by Gasteiger charge is 2.18. The molecule has 0 aromatic carbocycles. The lowest BCUT2D eigenvalue weighted by molar-refractivity contribution is -0.123. The van der Waals surface area contributed by atoms with Gasteiger partial charge in [-0.15, -0.1) is 0 Å². The van der Waals surface area contributed by atoms with E-state index in [4.69, 9.17) is 0 Å². The molecule has 4 nitrogen and oxygen atoms in total. The molecule has 3 N–H and O–H groups in total. The molecule has 2 atom stereocenters. The predicted molar refractivity (Wildman–Crippen MR) is 368 cm³/mol. The van der Waals surface area contributed by atoms with Gasteiger partial charge in [0.1, 0.15) is 0 Å². The molecule has 0 aromatic rings. The average Bonchev–Trinajstić information content (AvgIpc) is 3.50. The number of hydrogen-bond donors (Lipinski definition) is 3. The summed E-state index contributed by atoms with van der Waals surface area (Å²) in [5, 5.41) is 23.2. The Hall–Kier alpha value is -3.99. The Balaban J connectivity index is 3.62. The number of hydrogen-bond acceptors (Lipinski definition) is 3. The molecule has 0 aliphatic rings. The van der Waals surface area contributed by atoms with Crippen molar-refractivity contribution in [2.24, 2.45) is 0 Å². The molecule has 0 aliphatic heterocycles. The summed E-state index contributed by atoms with van der Waals surface area (Å²) in [6, 6.07) is -0.661. The SMILES string of the molecule is CC/C=C\C/C=C\C/C=C\C/C=C\C/C=C\C/C=C\C/C=C\C/C=C\C/C=C\C/C=C\CCCCCCCCCCCCC(=O)NC(CO)C(O)/C=C/CC/C=C/CC/C=C/CCCCCCCCCCCCCCCCCCCCC. The van der Waals surface area contributed by atoms with Crippen LogP contribution in [-0.4, -0.2) is 34.9 Å². The third kappa shape index (κ3) is 66.8. The molecule has 4 heteroatoms. The second-order valence-electron chi connectivity index (χ2n) is 22.8. The van der Waals surface area contributed by atoms with Crippen LogP contribution in [0.4, 0.5) is 0 Å². The van der Waals surface area contributed by atoms with Gasteiger partial charge in [-0.1, -0.05) is 339 Å². The van der Waals surface area contributed by atoms with E-state index >= 15 is 0 Å². The fraction of sp³-hybridized carbons (Fsp3) is 0.654. The Kier molecular flexibility index (Phi) is 67.8. The van der Waals surface area contributed by atoms with Crippen LogP contribution >= 0.6 is 0 Å². The Morgan fingerprint density at radius 2 is 0.549 bits per heavy atom. The van der Waals surface area contributed by atoms with E-state index < -0.39 is 12.1 Å². The van der Waals surface area contributed by atoms with Gasteiger partial charge < -0.3 is 15.5 Å². The first-order chi connectivity index (χ1) is 40.7. The van der Waals surface area contributed by atoms with E-state index in [1.54, 1.807) is 6.08 Å². The number of aliphatic hydroxyl groups is 2. The van der Waals surface area contributed by atoms with Crippen molar-refractivity contribution in [1.82, 2.24) is 5.32 Å². The average molecular weight is 1130 g/mol. The molecule has 0 saturated carbocycles. The second-order valence-corrected chi connectivity index (χ2v) is 22.8. The van der Waals surface area contributed by atoms with Crippen molar-refractivity contribution in [3.05, 3.63) is 158 Å². The molecule has 1 amide bonds. The van der Waals surface area contributed by atoms with Crippen LogP contribution in [0.15, 0.2) is 158 Å². The fourth-order valence-electron chi connectivity index (χ4n) is 9.77. The highest BCUT2D eigenvalue weighted by atomic mass is 16.3. The zero-order valence-corrected chi connectivity index (χ0v) is 53.7. The van der Waals surface area contributed by atoms with Crippen molar-refractivity contribution in [2.75, 3.05) is 6.61 Å². The van der Waals surface area contributed by atoms with Gasteiger partial charge in [-0.2, -0.15) is 0 Å². The van der Waals surface area contributed by atoms with Gasteiger partial charge in [-0.25, -0.2) is 0 Å². The smallest absolute Gasteiger partial charge is 0.220 e. The molecule has 0 aliphatic carbocycles. The van der Waals surface area contributed by atoms with E-state index in [0.29, 0.717) is 6.42 Å². The number of allylic oxidation sites excluding steroid dienone is 25. The van der Waals surface area contributed by atoms with Crippen LogP contribution in [0, 0.1) is 0 Å². The summed E-state index contributed by atoms with van der Waals surface area (Å²) in [7, 11) is 0. The summed E-state index contributed by atoms with van der Waals surface area (Å²) in [5.74, 6) is -0.0865. The van der Waals surface area contributed by atoms with Crippen molar-refractivity contribution in [3.63, 3.8) is 0 Å². The zero-order chi connectivity index (χ0) is 59.1. The number of carbonyl (C=O) groups is 1. The lowest BCUT2D eigenvalue weighted by atomic mass is 10.0. The zero-order valence-electron chi connectivity index (χ0n) is 53.7. The molecule has 2 unspecified atom stereocenters. The number of rotatable bonds is 62. The van der Waals surface area contributed by atoms with Crippen LogP contribution in [0.3, 0.4) is 0 Å². The quantitative estimate of drug-likeness (QED) is 0.0420. The van der Waals surface area contributed by atoms with Crippen molar-refractivity contribution in [2.45, 2.75) is 321 Å². The summed E-state index contributed by atoms with van der Waals surface area (Å²) in [6.07, 6.45) is 113. The summed E-state index contributed by atoms with van der Waals surface area (Å²) < 4.78 is 0. The highest BCUT2D eigenvalue weighted by Crippen LogP contribution is 2.16. The molecule has 0 bridgehead atoms. The molecular formula is C78H131NO3. The van der Waals surface area contributed by atoms with Gasteiger partial charge in [0.25, 0.3) is 0 Å². The maximum absolute atomic E-state index is 12.5. The predicted octanol–water partition coefficient (Wildman–Crippen LogP) is 24.0. The maximum Gasteiger partial charge on any atom is 0.220 e. The first-order valence-electron chi connectivity index (χ1n) is 34.7. The summed E-state index contributed by atoms with van der Waals surface area (Å²) >= 11 is 0. The maximum atomic E-state index is 12.5. The third-order valence-electron chi connectivity index (χ3n) is 15.0. The number of nitrogens with one attached hydrogen (secondary N) is 1. The van der Waals surface area contributed by atoms with Gasteiger partial charge in [0.15, 0.2) is 0 Å². The van der Waals surface area contributed by atoms with E-state index in [2.05, 4.69) is 165 Å². The molecule has 0 radical (unpaired) electrons. The van der Waals surface area contributed by atoms with E-state index in [-0.39, 0.29) is 12.5 Å². The lowest BCUT2D eigenvalue weighted by Crippen LogP contribution is -2.45. The third-order valence-corrected chi connectivity index (χ3v) is 15.0. The number of carbonyl (C=O) groups excluding carboxylic acids is 1. The number of amides is 1. The second kappa shape index (κ2) is 71.3. The van der Waals surface area contributed by atoms with E-state index in [9.17, 15) is 15.0 Å². The first kappa shape index (κ1) is 78.0. The van der Waals surface area contributed by atoms with Gasteiger partial charge in [0, 0.05) is 6.42 Å². The van der Waals surface area contributed by atoms with Crippen LogP contribution in [-0.2, 0) is 4.79 Å². The van der Waals surface area contributed by atoms with Gasteiger partial charge >= 0.3 is 0 Å². The van der Waals surface area contributed by atoms with Crippen LogP contribution in [0.25, 0.3) is 0 Å². The standard InChI is InChI=1S/C78H131NO3/c1-3-5-7-9-11-13-15-17-19-21-23-25-27-29-31-33-34-35-36-37-38-39-40-41-42-43-44-46-48-50-52-54-56-58-60-62-64-66-68-70-72-74-78(82)79-76(75-80)77(81)73-71-69-67-65-63-61-59-57-55-53-51-49-47-45-32-30-28-26-24-22-20-18-16-14-12-10-8-6-4-2/h5,7,11,13,17,19,23,25,29,31,34-35,37-38,40-41,43-44,48,50,55,57,63,65,71,73,76-77,80-81H,3-4,6,8-10,12,14-16,18,20-22,24,26-28,30,32-33,36,39,42,45-47,49,51-54,56,58-62,64,66-70,72,74-75H2,1-2H3,(H,79,82)/b7-5-,13-11-,19-17-,25-23-,31-29-,35-34-,38-37-,41-40-,44-43-,50-48-,57-55+,65-63+,73-71+. The molecule has 0 rings (SSSR count). The Morgan fingerprint density at radius 1 is 0.305 bits per heavy atom. The normalized spacial score (nSPS) is 13.8. The van der Waals surface area contributed by atoms with Gasteiger partial charge in [-0.3, -0.25) is 4.79 Å². The van der Waals surface area contributed by atoms with Crippen LogP contribution < -0.4 is 5.32 Å². The van der Waals surface area contributed by atoms with Crippen LogP contribution in [0.2, 0.25) is 0 Å². The largest absolute Gasteiger partial charge is 0.394 e. The van der Waals surface area contributed by atoms with Crippen molar-refractivity contribution in [3.8, 4) is 0 Å². The molecule has 0 aromatic heterocycles. The van der Waals surface area contributed by atoms with E-state index in [1.165, 1.54) is 180 Å². The fourth-order valence-corrected chi connectivity index (χ4v) is 9.77. The summed E-state index contributed by atoms with van der Waals surface area (Å²) in [6.45, 7) is 4.19. The van der Waals surface area contributed by atoms with Crippen LogP contribution in [0.1, 0.15) is 309 Å². The van der Waals surface area contributed by atoms with Gasteiger partial charge in [-0.05, 0) is 122 Å². The monoisotopic (exact) mass is 1130 g/mol. The van der Waals surface area contributed by atoms with Crippen molar-refractivity contribution in [1.29, 1.82) is 0 Å². The first-order valence-corrected chi connectivity index (χ1v) is 34.7. The number of aliphatic hydroxyl groups excluding tert-OH is 2. The Morgan fingerprint density at radius 3 is 0.854 bits per heavy atom. The minimum atomic E-state index is -0.884. The Labute approximate surface area is 509 Å². The van der Waals surface area contributed by atoms with Gasteiger partial charge in [0.2, 0.25) is 5.91 Å².